The van der Waals surface area contributed by atoms with Crippen molar-refractivity contribution in [3.8, 4) is 0 Å². The summed E-state index contributed by atoms with van der Waals surface area (Å²) in [6, 6.07) is 5.04. The number of alkyl halides is 1. The Balaban J connectivity index is 1.86. The average molecular weight is 353 g/mol. The van der Waals surface area contributed by atoms with Crippen molar-refractivity contribution in [3.63, 3.8) is 0 Å². The molecule has 1 heterocycles. The molecular formula is C17H18ClFN2OS. The molecule has 23 heavy (non-hydrogen) atoms. The minimum absolute atomic E-state index is 0.0493. The predicted molar refractivity (Wildman–Crippen MR) is 90.3 cm³/mol. The molecule has 0 aliphatic heterocycles. The quantitative estimate of drug-likeness (QED) is 0.786. The molecule has 0 fully saturated rings. The molecule has 0 saturated heterocycles. The number of carbonyl (C=O) groups is 1. The molecule has 0 saturated carbocycles. The summed E-state index contributed by atoms with van der Waals surface area (Å²) in [7, 11) is 0. The topological polar surface area (TPSA) is 33.2 Å². The lowest BCUT2D eigenvalue weighted by Gasteiger charge is -2.34. The number of hydrogen-bond donors (Lipinski definition) is 0. The fourth-order valence-corrected chi connectivity index (χ4v) is 4.12. The second-order valence-corrected chi connectivity index (χ2v) is 7.02. The highest BCUT2D eigenvalue weighted by Gasteiger charge is 2.29. The third-order valence-electron chi connectivity index (χ3n) is 4.42. The number of benzene rings is 1. The van der Waals surface area contributed by atoms with Gasteiger partial charge in [0, 0.05) is 29.4 Å². The Hall–Kier alpha value is -1.46. The maximum absolute atomic E-state index is 14.2. The molecular weight excluding hydrogens is 335 g/mol. The lowest BCUT2D eigenvalue weighted by Crippen LogP contribution is -2.43. The summed E-state index contributed by atoms with van der Waals surface area (Å²) in [6.07, 6.45) is 2.47. The van der Waals surface area contributed by atoms with Crippen molar-refractivity contribution in [3.05, 3.63) is 51.2 Å². The van der Waals surface area contributed by atoms with Gasteiger partial charge in [-0.1, -0.05) is 12.1 Å². The van der Waals surface area contributed by atoms with E-state index in [0.29, 0.717) is 5.56 Å². The highest BCUT2D eigenvalue weighted by molar-refractivity contribution is 7.09. The van der Waals surface area contributed by atoms with E-state index in [9.17, 15) is 9.18 Å². The normalized spacial score (nSPS) is 16.9. The van der Waals surface area contributed by atoms with Crippen molar-refractivity contribution < 1.29 is 9.18 Å². The van der Waals surface area contributed by atoms with Gasteiger partial charge in [-0.25, -0.2) is 9.37 Å². The Bertz CT molecular complexity index is 698. The van der Waals surface area contributed by atoms with Crippen LogP contribution in [0.25, 0.3) is 0 Å². The fraction of sp³-hybridized carbons (Fsp3) is 0.412. The summed E-state index contributed by atoms with van der Waals surface area (Å²) in [5.41, 5.74) is 4.40. The van der Waals surface area contributed by atoms with Gasteiger partial charge in [0.25, 0.3) is 0 Å². The van der Waals surface area contributed by atoms with Crippen molar-refractivity contribution in [2.24, 2.45) is 0 Å². The van der Waals surface area contributed by atoms with Crippen molar-refractivity contribution in [2.45, 2.75) is 38.8 Å². The molecule has 0 radical (unpaired) electrons. The number of nitrogens with zero attached hydrogens (tertiary/aromatic N) is 2. The molecule has 3 nitrogen and oxygen atoms in total. The number of aryl methyl sites for hydroxylation is 2. The van der Waals surface area contributed by atoms with Crippen LogP contribution in [0.15, 0.2) is 23.7 Å². The Kier molecular flexibility index (Phi) is 4.97. The van der Waals surface area contributed by atoms with E-state index in [4.69, 9.17) is 11.6 Å². The maximum Gasteiger partial charge on any atom is 0.238 e. The van der Waals surface area contributed by atoms with Crippen molar-refractivity contribution in [1.82, 2.24) is 9.88 Å². The second-order valence-electron chi connectivity index (χ2n) is 5.81. The minimum Gasteiger partial charge on any atom is -0.334 e. The van der Waals surface area contributed by atoms with E-state index >= 15 is 0 Å². The first-order valence-electron chi connectivity index (χ1n) is 7.60. The zero-order chi connectivity index (χ0) is 16.4. The van der Waals surface area contributed by atoms with Crippen LogP contribution in [0.2, 0.25) is 0 Å². The molecule has 2 aromatic rings. The SMILES string of the molecule is Cc1cccc(F)c1CN(C(=O)CCl)C1CCc2ncsc2C1. The molecule has 122 valence electrons. The van der Waals surface area contributed by atoms with Gasteiger partial charge in [-0.05, 0) is 31.4 Å². The van der Waals surface area contributed by atoms with E-state index in [2.05, 4.69) is 4.98 Å². The molecule has 1 aromatic heterocycles. The molecule has 6 heteroatoms. The van der Waals surface area contributed by atoms with E-state index in [1.54, 1.807) is 22.3 Å². The van der Waals surface area contributed by atoms with Crippen molar-refractivity contribution in [2.75, 3.05) is 5.88 Å². The van der Waals surface area contributed by atoms with Crippen LogP contribution < -0.4 is 0 Å². The Morgan fingerprint density at radius 1 is 1.52 bits per heavy atom. The highest BCUT2D eigenvalue weighted by Crippen LogP contribution is 2.28. The third kappa shape index (κ3) is 3.40. The number of carbonyl (C=O) groups excluding carboxylic acids is 1. The first-order valence-corrected chi connectivity index (χ1v) is 9.02. The number of thiazole rings is 1. The maximum atomic E-state index is 14.2. The molecule has 1 aromatic carbocycles. The Morgan fingerprint density at radius 2 is 2.35 bits per heavy atom. The number of halogens is 2. The van der Waals surface area contributed by atoms with E-state index in [1.807, 2.05) is 18.5 Å². The Labute approximate surface area is 144 Å². The molecule has 1 amide bonds. The molecule has 0 N–H and O–H groups in total. The lowest BCUT2D eigenvalue weighted by atomic mass is 9.95. The van der Waals surface area contributed by atoms with Gasteiger partial charge in [-0.3, -0.25) is 4.79 Å². The van der Waals surface area contributed by atoms with Crippen LogP contribution in [0.4, 0.5) is 4.39 Å². The van der Waals surface area contributed by atoms with Gasteiger partial charge in [0.1, 0.15) is 11.7 Å². The van der Waals surface area contributed by atoms with Crippen LogP contribution in [0.3, 0.4) is 0 Å². The van der Waals surface area contributed by atoms with Crippen molar-refractivity contribution >= 4 is 28.8 Å². The molecule has 1 aliphatic rings. The van der Waals surface area contributed by atoms with Gasteiger partial charge < -0.3 is 4.90 Å². The van der Waals surface area contributed by atoms with Crippen LogP contribution >= 0.6 is 22.9 Å². The van der Waals surface area contributed by atoms with E-state index in [1.165, 1.54) is 10.9 Å². The molecule has 0 spiro atoms. The second kappa shape index (κ2) is 6.97. The number of rotatable bonds is 4. The fourth-order valence-electron chi connectivity index (χ4n) is 3.08. The van der Waals surface area contributed by atoms with Gasteiger partial charge in [-0.2, -0.15) is 0 Å². The average Bonchev–Trinajstić information content (AvgIpc) is 3.01. The zero-order valence-electron chi connectivity index (χ0n) is 12.9. The largest absolute Gasteiger partial charge is 0.334 e. The lowest BCUT2D eigenvalue weighted by molar-refractivity contribution is -0.131. The Morgan fingerprint density at radius 3 is 3.09 bits per heavy atom. The minimum atomic E-state index is -0.272. The van der Waals surface area contributed by atoms with Gasteiger partial charge >= 0.3 is 0 Å². The number of fused-ring (bicyclic) bond motifs is 1. The molecule has 3 rings (SSSR count). The summed E-state index contributed by atoms with van der Waals surface area (Å²) < 4.78 is 14.2. The molecule has 1 aliphatic carbocycles. The van der Waals surface area contributed by atoms with Crippen molar-refractivity contribution in [1.29, 1.82) is 0 Å². The first-order chi connectivity index (χ1) is 11.1. The van der Waals surface area contributed by atoms with Gasteiger partial charge in [-0.15, -0.1) is 22.9 Å². The van der Waals surface area contributed by atoms with Crippen LogP contribution in [-0.2, 0) is 24.2 Å². The standard InChI is InChI=1S/C17H18ClFN2OS/c1-11-3-2-4-14(19)13(11)9-21(17(22)8-18)12-5-6-15-16(7-12)23-10-20-15/h2-4,10,12H,5-9H2,1H3. The summed E-state index contributed by atoms with van der Waals surface area (Å²) in [4.78, 5) is 19.7. The summed E-state index contributed by atoms with van der Waals surface area (Å²) in [6.45, 7) is 2.13. The monoisotopic (exact) mass is 352 g/mol. The van der Waals surface area contributed by atoms with Crippen LogP contribution in [0, 0.1) is 12.7 Å². The van der Waals surface area contributed by atoms with E-state index < -0.39 is 0 Å². The number of amides is 1. The van der Waals surface area contributed by atoms with E-state index in [-0.39, 0.29) is 30.2 Å². The smallest absolute Gasteiger partial charge is 0.238 e. The van der Waals surface area contributed by atoms with E-state index in [0.717, 1.165) is 30.5 Å². The molecule has 1 atom stereocenters. The highest BCUT2D eigenvalue weighted by atomic mass is 35.5. The number of hydrogen-bond acceptors (Lipinski definition) is 3. The zero-order valence-corrected chi connectivity index (χ0v) is 14.5. The first kappa shape index (κ1) is 16.4. The van der Waals surface area contributed by atoms with Gasteiger partial charge in [0.15, 0.2) is 0 Å². The summed E-state index contributed by atoms with van der Waals surface area (Å²) in [5.74, 6) is -0.501. The van der Waals surface area contributed by atoms with Gasteiger partial charge in [0.05, 0.1) is 11.2 Å². The number of aromatic nitrogens is 1. The predicted octanol–water partition coefficient (Wildman–Crippen LogP) is 3.72. The molecule has 0 bridgehead atoms. The van der Waals surface area contributed by atoms with Crippen LogP contribution in [0.5, 0.6) is 0 Å². The van der Waals surface area contributed by atoms with Gasteiger partial charge in [0.2, 0.25) is 5.91 Å². The molecule has 1 unspecified atom stereocenters. The third-order valence-corrected chi connectivity index (χ3v) is 5.54. The van der Waals surface area contributed by atoms with Crippen LogP contribution in [-0.4, -0.2) is 27.7 Å². The van der Waals surface area contributed by atoms with Crippen LogP contribution in [0.1, 0.15) is 28.1 Å². The summed E-state index contributed by atoms with van der Waals surface area (Å²) >= 11 is 7.42. The summed E-state index contributed by atoms with van der Waals surface area (Å²) in [5, 5.41) is 0.